The zero-order valence-corrected chi connectivity index (χ0v) is 13.9. The van der Waals surface area contributed by atoms with Crippen LogP contribution in [0.15, 0.2) is 6.07 Å². The maximum Gasteiger partial charge on any atom is 0.255 e. The number of rotatable bonds is 8. The van der Waals surface area contributed by atoms with Crippen LogP contribution in [0.1, 0.15) is 22.0 Å². The van der Waals surface area contributed by atoms with Crippen molar-refractivity contribution in [1.29, 1.82) is 5.26 Å². The van der Waals surface area contributed by atoms with Crippen molar-refractivity contribution >= 4 is 5.91 Å². The van der Waals surface area contributed by atoms with Crippen molar-refractivity contribution < 1.29 is 28.8 Å². The van der Waals surface area contributed by atoms with E-state index in [4.69, 9.17) is 24.1 Å². The highest BCUT2D eigenvalue weighted by Gasteiger charge is 2.41. The molecule has 0 bridgehead atoms. The van der Waals surface area contributed by atoms with Gasteiger partial charge in [-0.3, -0.25) is 4.79 Å². The van der Waals surface area contributed by atoms with Gasteiger partial charge >= 0.3 is 0 Å². The van der Waals surface area contributed by atoms with Gasteiger partial charge in [-0.1, -0.05) is 0 Å². The average molecular weight is 336 g/mol. The SMILES string of the molecule is COc1cc2c(c(OC)c1OC)C(C#N)N(CCOCCO)C2=O. The number of ether oxygens (including phenoxy) is 4. The van der Waals surface area contributed by atoms with Crippen molar-refractivity contribution in [3.63, 3.8) is 0 Å². The predicted octanol–water partition coefficient (Wildman–Crippen LogP) is 0.742. The number of hydrogen-bond donors (Lipinski definition) is 1. The lowest BCUT2D eigenvalue weighted by Gasteiger charge is -2.20. The number of fused-ring (bicyclic) bond motifs is 1. The van der Waals surface area contributed by atoms with Gasteiger partial charge in [-0.2, -0.15) is 5.26 Å². The number of carbonyl (C=O) groups is 1. The maximum atomic E-state index is 12.7. The van der Waals surface area contributed by atoms with Crippen LogP contribution in [0, 0.1) is 11.3 Å². The average Bonchev–Trinajstić information content (AvgIpc) is 2.88. The van der Waals surface area contributed by atoms with E-state index >= 15 is 0 Å². The number of amides is 1. The molecule has 0 aromatic heterocycles. The lowest BCUT2D eigenvalue weighted by Crippen LogP contribution is -2.31. The standard InChI is InChI=1S/C16H20N2O6/c1-21-12-8-10-13(15(23-3)14(12)22-2)11(9-17)18(16(10)20)4-6-24-7-5-19/h8,11,19H,4-7H2,1-3H3. The summed E-state index contributed by atoms with van der Waals surface area (Å²) in [7, 11) is 4.38. The van der Waals surface area contributed by atoms with Crippen LogP contribution in [-0.2, 0) is 4.74 Å². The molecule has 2 rings (SSSR count). The third-order valence-corrected chi connectivity index (χ3v) is 3.78. The Morgan fingerprint density at radius 1 is 1.21 bits per heavy atom. The van der Waals surface area contributed by atoms with E-state index in [1.165, 1.54) is 26.2 Å². The fourth-order valence-corrected chi connectivity index (χ4v) is 2.75. The molecule has 0 saturated heterocycles. The van der Waals surface area contributed by atoms with E-state index in [1.54, 1.807) is 6.07 Å². The van der Waals surface area contributed by atoms with Gasteiger partial charge in [0.25, 0.3) is 5.91 Å². The molecule has 1 atom stereocenters. The maximum absolute atomic E-state index is 12.7. The fourth-order valence-electron chi connectivity index (χ4n) is 2.75. The summed E-state index contributed by atoms with van der Waals surface area (Å²) in [5.41, 5.74) is 0.808. The summed E-state index contributed by atoms with van der Waals surface area (Å²) in [5, 5.41) is 18.3. The highest BCUT2D eigenvalue weighted by Crippen LogP contribution is 2.48. The molecule has 0 fully saturated rings. The molecule has 8 heteroatoms. The predicted molar refractivity (Wildman–Crippen MR) is 83.4 cm³/mol. The van der Waals surface area contributed by atoms with Crippen molar-refractivity contribution in [2.24, 2.45) is 0 Å². The molecule has 0 saturated carbocycles. The Bertz CT molecular complexity index is 655. The van der Waals surface area contributed by atoms with Gasteiger partial charge in [0.05, 0.1) is 52.8 Å². The van der Waals surface area contributed by atoms with Crippen LogP contribution in [0.4, 0.5) is 0 Å². The van der Waals surface area contributed by atoms with Crippen LogP contribution >= 0.6 is 0 Å². The van der Waals surface area contributed by atoms with Crippen LogP contribution in [0.25, 0.3) is 0 Å². The Morgan fingerprint density at radius 3 is 2.46 bits per heavy atom. The monoisotopic (exact) mass is 336 g/mol. The van der Waals surface area contributed by atoms with Gasteiger partial charge in [0, 0.05) is 12.1 Å². The van der Waals surface area contributed by atoms with Crippen LogP contribution < -0.4 is 14.2 Å². The Hall–Kier alpha value is -2.50. The molecule has 1 aliphatic heterocycles. The smallest absolute Gasteiger partial charge is 0.255 e. The first-order valence-corrected chi connectivity index (χ1v) is 7.36. The minimum Gasteiger partial charge on any atom is -0.493 e. The minimum absolute atomic E-state index is 0.0991. The summed E-state index contributed by atoms with van der Waals surface area (Å²) in [6.07, 6.45) is 0. The first-order valence-electron chi connectivity index (χ1n) is 7.36. The van der Waals surface area contributed by atoms with Gasteiger partial charge in [0.15, 0.2) is 11.5 Å². The Morgan fingerprint density at radius 2 is 1.92 bits per heavy atom. The number of methoxy groups -OCH3 is 3. The number of aliphatic hydroxyl groups is 1. The minimum atomic E-state index is -0.806. The lowest BCUT2D eigenvalue weighted by molar-refractivity contribution is 0.0557. The molecule has 1 aromatic carbocycles. The molecule has 24 heavy (non-hydrogen) atoms. The van der Waals surface area contributed by atoms with Gasteiger partial charge in [0.2, 0.25) is 5.75 Å². The molecule has 1 N–H and O–H groups in total. The van der Waals surface area contributed by atoms with Gasteiger partial charge in [-0.05, 0) is 6.07 Å². The third-order valence-electron chi connectivity index (χ3n) is 3.78. The molecule has 1 heterocycles. The zero-order valence-electron chi connectivity index (χ0n) is 13.9. The molecule has 1 aliphatic rings. The molecule has 0 aliphatic carbocycles. The first kappa shape index (κ1) is 17.8. The number of nitrogens with zero attached hydrogens (tertiary/aromatic N) is 2. The normalized spacial score (nSPS) is 15.9. The molecular formula is C16H20N2O6. The summed E-state index contributed by atoms with van der Waals surface area (Å²) >= 11 is 0. The van der Waals surface area contributed by atoms with E-state index in [2.05, 4.69) is 6.07 Å². The number of hydrogen-bond acceptors (Lipinski definition) is 7. The lowest BCUT2D eigenvalue weighted by atomic mass is 10.0. The molecule has 130 valence electrons. The van der Waals surface area contributed by atoms with E-state index in [0.29, 0.717) is 28.4 Å². The molecule has 0 spiro atoms. The quantitative estimate of drug-likeness (QED) is 0.699. The van der Waals surface area contributed by atoms with Crippen molar-refractivity contribution in [3.05, 3.63) is 17.2 Å². The van der Waals surface area contributed by atoms with Gasteiger partial charge in [-0.25, -0.2) is 0 Å². The third kappa shape index (κ3) is 2.96. The summed E-state index contributed by atoms with van der Waals surface area (Å²) in [5.74, 6) is 0.704. The molecule has 1 aromatic rings. The summed E-state index contributed by atoms with van der Waals surface area (Å²) < 4.78 is 21.2. The van der Waals surface area contributed by atoms with E-state index in [-0.39, 0.29) is 32.3 Å². The molecule has 0 radical (unpaired) electrons. The summed E-state index contributed by atoms with van der Waals surface area (Å²) in [6, 6.07) is 2.88. The highest BCUT2D eigenvalue weighted by atomic mass is 16.5. The highest BCUT2D eigenvalue weighted by molar-refractivity contribution is 6.01. The molecule has 1 unspecified atom stereocenters. The van der Waals surface area contributed by atoms with Crippen LogP contribution in [0.2, 0.25) is 0 Å². The topological polar surface area (TPSA) is 101 Å². The fraction of sp³-hybridized carbons (Fsp3) is 0.500. The number of aliphatic hydroxyl groups excluding tert-OH is 1. The van der Waals surface area contributed by atoms with Crippen LogP contribution in [-0.4, -0.2) is 63.6 Å². The first-order chi connectivity index (χ1) is 11.6. The van der Waals surface area contributed by atoms with Crippen molar-refractivity contribution in [2.45, 2.75) is 6.04 Å². The van der Waals surface area contributed by atoms with Crippen LogP contribution in [0.3, 0.4) is 0 Å². The number of benzene rings is 1. The van der Waals surface area contributed by atoms with E-state index < -0.39 is 6.04 Å². The second-order valence-electron chi connectivity index (χ2n) is 4.97. The summed E-state index contributed by atoms with van der Waals surface area (Å²) in [4.78, 5) is 14.1. The van der Waals surface area contributed by atoms with Gasteiger partial charge in [-0.15, -0.1) is 0 Å². The number of carbonyl (C=O) groups excluding carboxylic acids is 1. The van der Waals surface area contributed by atoms with Gasteiger partial charge in [0.1, 0.15) is 6.04 Å². The van der Waals surface area contributed by atoms with E-state index in [1.807, 2.05) is 0 Å². The van der Waals surface area contributed by atoms with Crippen molar-refractivity contribution in [3.8, 4) is 23.3 Å². The molecule has 1 amide bonds. The Balaban J connectivity index is 2.43. The molecular weight excluding hydrogens is 316 g/mol. The summed E-state index contributed by atoms with van der Waals surface area (Å²) in [6.45, 7) is 0.518. The second kappa shape index (κ2) is 7.86. The zero-order chi connectivity index (χ0) is 17.7. The molecule has 8 nitrogen and oxygen atoms in total. The van der Waals surface area contributed by atoms with Crippen molar-refractivity contribution in [1.82, 2.24) is 4.90 Å². The van der Waals surface area contributed by atoms with E-state index in [0.717, 1.165) is 0 Å². The van der Waals surface area contributed by atoms with Crippen molar-refractivity contribution in [2.75, 3.05) is 47.7 Å². The van der Waals surface area contributed by atoms with Gasteiger partial charge < -0.3 is 29.0 Å². The largest absolute Gasteiger partial charge is 0.493 e. The van der Waals surface area contributed by atoms with E-state index in [9.17, 15) is 10.1 Å². The number of nitriles is 1. The second-order valence-corrected chi connectivity index (χ2v) is 4.97. The Labute approximate surface area is 140 Å². The Kier molecular flexibility index (Phi) is 5.84. The van der Waals surface area contributed by atoms with Crippen LogP contribution in [0.5, 0.6) is 17.2 Å².